The normalized spacial score (nSPS) is 19.6. The van der Waals surface area contributed by atoms with E-state index in [1.807, 2.05) is 6.92 Å². The van der Waals surface area contributed by atoms with E-state index in [1.165, 1.54) is 6.26 Å². The smallest absolute Gasteiger partial charge is 0.177 e. The topological polar surface area (TPSA) is 69.2 Å². The first kappa shape index (κ1) is 10.5. The van der Waals surface area contributed by atoms with Crippen molar-refractivity contribution in [3.05, 3.63) is 23.8 Å². The standard InChI is InChI=1S/C9H12N2O3S/c1-7-3-10-8(11-4-7)9(5-14-6-9)15(2,12)13/h3-4H,5-6H2,1-2H3. The molecule has 0 N–H and O–H groups in total. The molecule has 1 aromatic heterocycles. The molecule has 1 aliphatic heterocycles. The predicted molar refractivity (Wildman–Crippen MR) is 54.1 cm³/mol. The Morgan fingerprint density at radius 3 is 2.20 bits per heavy atom. The van der Waals surface area contributed by atoms with Gasteiger partial charge in [0.2, 0.25) is 0 Å². The molecule has 0 spiro atoms. The summed E-state index contributed by atoms with van der Waals surface area (Å²) >= 11 is 0. The zero-order valence-corrected chi connectivity index (χ0v) is 9.41. The van der Waals surface area contributed by atoms with Crippen molar-refractivity contribution < 1.29 is 13.2 Å². The van der Waals surface area contributed by atoms with Crippen LogP contribution >= 0.6 is 0 Å². The quantitative estimate of drug-likeness (QED) is 0.715. The summed E-state index contributed by atoms with van der Waals surface area (Å²) in [4.78, 5) is 8.14. The number of rotatable bonds is 2. The average molecular weight is 228 g/mol. The fraction of sp³-hybridized carbons (Fsp3) is 0.556. The third kappa shape index (κ3) is 1.53. The first-order valence-corrected chi connectivity index (χ1v) is 6.41. The largest absolute Gasteiger partial charge is 0.377 e. The monoisotopic (exact) mass is 228 g/mol. The Kier molecular flexibility index (Phi) is 2.27. The van der Waals surface area contributed by atoms with Gasteiger partial charge in [-0.1, -0.05) is 0 Å². The molecule has 82 valence electrons. The van der Waals surface area contributed by atoms with Gasteiger partial charge in [0.15, 0.2) is 20.4 Å². The van der Waals surface area contributed by atoms with Gasteiger partial charge < -0.3 is 4.74 Å². The van der Waals surface area contributed by atoms with Crippen molar-refractivity contribution >= 4 is 9.84 Å². The lowest BCUT2D eigenvalue weighted by Crippen LogP contribution is -2.53. The summed E-state index contributed by atoms with van der Waals surface area (Å²) in [6, 6.07) is 0. The summed E-state index contributed by atoms with van der Waals surface area (Å²) < 4.78 is 27.3. The molecule has 0 saturated carbocycles. The maximum Gasteiger partial charge on any atom is 0.177 e. The van der Waals surface area contributed by atoms with Crippen LogP contribution in [0.2, 0.25) is 0 Å². The summed E-state index contributed by atoms with van der Waals surface area (Å²) in [5.41, 5.74) is 0.905. The number of hydrogen-bond acceptors (Lipinski definition) is 5. The third-order valence-electron chi connectivity index (χ3n) is 2.57. The summed E-state index contributed by atoms with van der Waals surface area (Å²) in [7, 11) is -3.24. The van der Waals surface area contributed by atoms with Crippen molar-refractivity contribution in [2.45, 2.75) is 11.7 Å². The Bertz CT molecular complexity index is 463. The van der Waals surface area contributed by atoms with Gasteiger partial charge >= 0.3 is 0 Å². The highest BCUT2D eigenvalue weighted by Crippen LogP contribution is 2.34. The second-order valence-corrected chi connectivity index (χ2v) is 6.17. The third-order valence-corrected chi connectivity index (χ3v) is 4.41. The maximum atomic E-state index is 11.7. The number of hydrogen-bond donors (Lipinski definition) is 0. The van der Waals surface area contributed by atoms with Crippen LogP contribution in [0.3, 0.4) is 0 Å². The molecule has 6 heteroatoms. The van der Waals surface area contributed by atoms with Crippen LogP contribution in [0.5, 0.6) is 0 Å². The molecule has 0 amide bonds. The van der Waals surface area contributed by atoms with Gasteiger partial charge in [0.05, 0.1) is 13.2 Å². The van der Waals surface area contributed by atoms with Crippen LogP contribution in [-0.2, 0) is 19.3 Å². The summed E-state index contributed by atoms with van der Waals surface area (Å²) in [6.45, 7) is 2.15. The molecular weight excluding hydrogens is 216 g/mol. The molecule has 1 aromatic rings. The molecule has 0 radical (unpaired) electrons. The van der Waals surface area contributed by atoms with Crippen LogP contribution in [0, 0.1) is 6.92 Å². The van der Waals surface area contributed by atoms with E-state index in [2.05, 4.69) is 9.97 Å². The molecule has 1 fully saturated rings. The summed E-state index contributed by atoms with van der Waals surface area (Å²) in [6.07, 6.45) is 4.43. The lowest BCUT2D eigenvalue weighted by molar-refractivity contribution is -0.0195. The SMILES string of the molecule is Cc1cnc(C2(S(C)(=O)=O)COC2)nc1. The van der Waals surface area contributed by atoms with Gasteiger partial charge in [-0.3, -0.25) is 0 Å². The van der Waals surface area contributed by atoms with E-state index < -0.39 is 14.6 Å². The highest BCUT2D eigenvalue weighted by molar-refractivity contribution is 7.91. The number of nitrogens with zero attached hydrogens (tertiary/aromatic N) is 2. The molecule has 1 aliphatic rings. The van der Waals surface area contributed by atoms with Crippen LogP contribution in [-0.4, -0.2) is 37.9 Å². The molecule has 0 unspecified atom stereocenters. The summed E-state index contributed by atoms with van der Waals surface area (Å²) in [5, 5.41) is 0. The fourth-order valence-corrected chi connectivity index (χ4v) is 2.46. The van der Waals surface area contributed by atoms with E-state index in [9.17, 15) is 8.42 Å². The van der Waals surface area contributed by atoms with Gasteiger partial charge in [-0.25, -0.2) is 18.4 Å². The van der Waals surface area contributed by atoms with Crippen LogP contribution in [0.25, 0.3) is 0 Å². The predicted octanol–water partition coefficient (Wildman–Crippen LogP) is 0.0551. The van der Waals surface area contributed by atoms with Gasteiger partial charge in [0, 0.05) is 18.6 Å². The van der Waals surface area contributed by atoms with Crippen LogP contribution in [0.4, 0.5) is 0 Å². The molecule has 2 rings (SSSR count). The van der Waals surface area contributed by atoms with Gasteiger partial charge in [0.25, 0.3) is 0 Å². The Balaban J connectivity index is 2.48. The van der Waals surface area contributed by atoms with Crippen LogP contribution < -0.4 is 0 Å². The molecule has 0 bridgehead atoms. The maximum absolute atomic E-state index is 11.7. The Morgan fingerprint density at radius 1 is 1.33 bits per heavy atom. The van der Waals surface area contributed by atoms with Crippen molar-refractivity contribution in [1.82, 2.24) is 9.97 Å². The average Bonchev–Trinajstić information content (AvgIpc) is 2.03. The van der Waals surface area contributed by atoms with E-state index in [4.69, 9.17) is 4.74 Å². The fourth-order valence-electron chi connectivity index (χ4n) is 1.42. The van der Waals surface area contributed by atoms with Crippen molar-refractivity contribution in [1.29, 1.82) is 0 Å². The first-order valence-electron chi connectivity index (χ1n) is 4.52. The van der Waals surface area contributed by atoms with Gasteiger partial charge in [0.1, 0.15) is 0 Å². The van der Waals surface area contributed by atoms with Crippen LogP contribution in [0.15, 0.2) is 12.4 Å². The first-order chi connectivity index (χ1) is 6.96. The molecule has 0 aliphatic carbocycles. The highest BCUT2D eigenvalue weighted by Gasteiger charge is 2.52. The summed E-state index contributed by atoms with van der Waals surface area (Å²) in [5.74, 6) is 0.335. The molecule has 0 aromatic carbocycles. The van der Waals surface area contributed by atoms with Crippen molar-refractivity contribution in [3.8, 4) is 0 Å². The minimum absolute atomic E-state index is 0.148. The Labute approximate surface area is 88.4 Å². The van der Waals surface area contributed by atoms with Crippen molar-refractivity contribution in [2.24, 2.45) is 0 Å². The van der Waals surface area contributed by atoms with E-state index in [-0.39, 0.29) is 13.2 Å². The molecule has 1 saturated heterocycles. The molecular formula is C9H12N2O3S. The molecule has 5 nitrogen and oxygen atoms in total. The van der Waals surface area contributed by atoms with E-state index >= 15 is 0 Å². The lowest BCUT2D eigenvalue weighted by Gasteiger charge is -2.37. The van der Waals surface area contributed by atoms with E-state index in [0.717, 1.165) is 5.56 Å². The van der Waals surface area contributed by atoms with Crippen molar-refractivity contribution in [2.75, 3.05) is 19.5 Å². The second kappa shape index (κ2) is 3.24. The van der Waals surface area contributed by atoms with Gasteiger partial charge in [-0.05, 0) is 12.5 Å². The van der Waals surface area contributed by atoms with E-state index in [0.29, 0.717) is 5.82 Å². The Hall–Kier alpha value is -1.01. The minimum atomic E-state index is -3.24. The number of ether oxygens (including phenoxy) is 1. The molecule has 0 atom stereocenters. The Morgan fingerprint density at radius 2 is 1.87 bits per heavy atom. The second-order valence-electron chi connectivity index (χ2n) is 3.84. The number of sulfone groups is 1. The lowest BCUT2D eigenvalue weighted by atomic mass is 10.1. The van der Waals surface area contributed by atoms with Crippen molar-refractivity contribution in [3.63, 3.8) is 0 Å². The van der Waals surface area contributed by atoms with E-state index in [1.54, 1.807) is 12.4 Å². The number of aryl methyl sites for hydroxylation is 1. The zero-order valence-electron chi connectivity index (χ0n) is 8.60. The van der Waals surface area contributed by atoms with Gasteiger partial charge in [-0.15, -0.1) is 0 Å². The van der Waals surface area contributed by atoms with Crippen LogP contribution in [0.1, 0.15) is 11.4 Å². The highest BCUT2D eigenvalue weighted by atomic mass is 32.2. The molecule has 2 heterocycles. The zero-order chi connectivity index (χ0) is 11.1. The van der Waals surface area contributed by atoms with Gasteiger partial charge in [-0.2, -0.15) is 0 Å². The molecule has 15 heavy (non-hydrogen) atoms. The minimum Gasteiger partial charge on any atom is -0.377 e. The number of aromatic nitrogens is 2.